The molecule has 92 valence electrons. The average Bonchev–Trinajstić information content (AvgIpc) is 2.84. The minimum Gasteiger partial charge on any atom is -0.365 e. The summed E-state index contributed by atoms with van der Waals surface area (Å²) in [6.07, 6.45) is 2.89. The van der Waals surface area contributed by atoms with Gasteiger partial charge < -0.3 is 15.4 Å². The minimum absolute atomic E-state index is 0.143. The molecule has 0 bridgehead atoms. The number of carbonyl (C=O) groups excluding carboxylic acids is 1. The first-order valence-electron chi connectivity index (χ1n) is 6.23. The van der Waals surface area contributed by atoms with Gasteiger partial charge in [0.05, 0.1) is 0 Å². The number of likely N-dealkylation sites (tertiary alicyclic amines) is 1. The molecule has 2 N–H and O–H groups in total. The van der Waals surface area contributed by atoms with Crippen molar-refractivity contribution in [3.8, 4) is 0 Å². The third kappa shape index (κ3) is 1.84. The summed E-state index contributed by atoms with van der Waals surface area (Å²) in [6.45, 7) is 6.18. The number of rotatable bonds is 2. The zero-order valence-corrected chi connectivity index (χ0v) is 10.2. The fourth-order valence-electron chi connectivity index (χ4n) is 2.87. The standard InChI is InChI=1S/C12H22N2O2/c1-9-4-6-14(10(9)8-13)11(15)12(2)5-3-7-16-12/h9-10H,3-8,13H2,1-2H3. The van der Waals surface area contributed by atoms with E-state index in [0.717, 1.165) is 25.8 Å². The van der Waals surface area contributed by atoms with Crippen LogP contribution in [-0.4, -0.2) is 42.1 Å². The molecule has 2 saturated heterocycles. The molecule has 3 atom stereocenters. The molecule has 2 aliphatic heterocycles. The van der Waals surface area contributed by atoms with E-state index in [1.807, 2.05) is 11.8 Å². The normalized spacial score (nSPS) is 39.3. The van der Waals surface area contributed by atoms with Crippen molar-refractivity contribution in [3.63, 3.8) is 0 Å². The quantitative estimate of drug-likeness (QED) is 0.756. The molecule has 2 fully saturated rings. The molecule has 0 aromatic carbocycles. The lowest BCUT2D eigenvalue weighted by molar-refractivity contribution is -0.152. The largest absolute Gasteiger partial charge is 0.365 e. The summed E-state index contributed by atoms with van der Waals surface area (Å²) < 4.78 is 5.61. The van der Waals surface area contributed by atoms with Crippen LogP contribution in [0.2, 0.25) is 0 Å². The van der Waals surface area contributed by atoms with Crippen LogP contribution in [0.4, 0.5) is 0 Å². The molecule has 2 heterocycles. The summed E-state index contributed by atoms with van der Waals surface area (Å²) in [6, 6.07) is 0.202. The highest BCUT2D eigenvalue weighted by molar-refractivity contribution is 5.85. The molecule has 16 heavy (non-hydrogen) atoms. The molecule has 0 saturated carbocycles. The number of nitrogens with two attached hydrogens (primary N) is 1. The van der Waals surface area contributed by atoms with Crippen LogP contribution in [0.1, 0.15) is 33.1 Å². The van der Waals surface area contributed by atoms with Crippen LogP contribution in [0.3, 0.4) is 0 Å². The third-order valence-corrected chi connectivity index (χ3v) is 4.06. The van der Waals surface area contributed by atoms with E-state index >= 15 is 0 Å². The molecule has 1 amide bonds. The third-order valence-electron chi connectivity index (χ3n) is 4.06. The maximum atomic E-state index is 12.4. The van der Waals surface area contributed by atoms with Gasteiger partial charge in [0, 0.05) is 25.7 Å². The molecule has 4 heteroatoms. The van der Waals surface area contributed by atoms with Gasteiger partial charge in [0.2, 0.25) is 0 Å². The molecule has 0 aromatic rings. The van der Waals surface area contributed by atoms with Gasteiger partial charge in [-0.2, -0.15) is 0 Å². The van der Waals surface area contributed by atoms with Gasteiger partial charge in [0.25, 0.3) is 5.91 Å². The highest BCUT2D eigenvalue weighted by Crippen LogP contribution is 2.32. The van der Waals surface area contributed by atoms with Crippen molar-refractivity contribution in [3.05, 3.63) is 0 Å². The summed E-state index contributed by atoms with van der Waals surface area (Å²) in [5, 5.41) is 0. The van der Waals surface area contributed by atoms with Crippen molar-refractivity contribution in [2.45, 2.75) is 44.8 Å². The maximum absolute atomic E-state index is 12.4. The van der Waals surface area contributed by atoms with Crippen LogP contribution >= 0.6 is 0 Å². The molecular formula is C12H22N2O2. The van der Waals surface area contributed by atoms with Crippen molar-refractivity contribution in [2.75, 3.05) is 19.7 Å². The summed E-state index contributed by atoms with van der Waals surface area (Å²) in [4.78, 5) is 14.4. The van der Waals surface area contributed by atoms with E-state index in [2.05, 4.69) is 6.92 Å². The second-order valence-corrected chi connectivity index (χ2v) is 5.25. The number of hydrogen-bond acceptors (Lipinski definition) is 3. The maximum Gasteiger partial charge on any atom is 0.254 e. The smallest absolute Gasteiger partial charge is 0.254 e. The molecule has 2 rings (SSSR count). The van der Waals surface area contributed by atoms with Crippen LogP contribution in [0, 0.1) is 5.92 Å². The summed E-state index contributed by atoms with van der Waals surface area (Å²) in [7, 11) is 0. The van der Waals surface area contributed by atoms with Crippen molar-refractivity contribution >= 4 is 5.91 Å². The van der Waals surface area contributed by atoms with E-state index in [1.54, 1.807) is 0 Å². The van der Waals surface area contributed by atoms with E-state index in [1.165, 1.54) is 0 Å². The van der Waals surface area contributed by atoms with Gasteiger partial charge in [0.15, 0.2) is 0 Å². The first-order chi connectivity index (χ1) is 7.58. The zero-order chi connectivity index (χ0) is 11.8. The second kappa shape index (κ2) is 4.34. The number of nitrogens with zero attached hydrogens (tertiary/aromatic N) is 1. The molecule has 0 radical (unpaired) electrons. The highest BCUT2D eigenvalue weighted by atomic mass is 16.5. The molecule has 0 aliphatic carbocycles. The minimum atomic E-state index is -0.586. The van der Waals surface area contributed by atoms with Crippen LogP contribution in [0.25, 0.3) is 0 Å². The summed E-state index contributed by atoms with van der Waals surface area (Å²) >= 11 is 0. The number of amides is 1. The summed E-state index contributed by atoms with van der Waals surface area (Å²) in [5.41, 5.74) is 5.17. The Morgan fingerprint density at radius 3 is 2.94 bits per heavy atom. The lowest BCUT2D eigenvalue weighted by atomic mass is 9.99. The Labute approximate surface area is 97.1 Å². The zero-order valence-electron chi connectivity index (χ0n) is 10.2. The lowest BCUT2D eigenvalue weighted by Gasteiger charge is -2.32. The van der Waals surface area contributed by atoms with E-state index in [4.69, 9.17) is 10.5 Å². The fraction of sp³-hybridized carbons (Fsp3) is 0.917. The molecule has 0 aromatic heterocycles. The molecule has 4 nitrogen and oxygen atoms in total. The molecule has 3 unspecified atom stereocenters. The Morgan fingerprint density at radius 2 is 2.38 bits per heavy atom. The monoisotopic (exact) mass is 226 g/mol. The van der Waals surface area contributed by atoms with Crippen molar-refractivity contribution in [2.24, 2.45) is 11.7 Å². The Morgan fingerprint density at radius 1 is 1.62 bits per heavy atom. The van der Waals surface area contributed by atoms with Crippen molar-refractivity contribution in [1.29, 1.82) is 0 Å². The predicted octanol–water partition coefficient (Wildman–Crippen LogP) is 0.751. The van der Waals surface area contributed by atoms with Gasteiger partial charge >= 0.3 is 0 Å². The molecule has 0 spiro atoms. The van der Waals surface area contributed by atoms with E-state index in [0.29, 0.717) is 19.1 Å². The van der Waals surface area contributed by atoms with Gasteiger partial charge in [-0.15, -0.1) is 0 Å². The highest BCUT2D eigenvalue weighted by Gasteiger charge is 2.45. The first kappa shape index (κ1) is 11.9. The Kier molecular flexibility index (Phi) is 3.22. The lowest BCUT2D eigenvalue weighted by Crippen LogP contribution is -2.51. The number of ether oxygens (including phenoxy) is 1. The summed E-state index contributed by atoms with van der Waals surface area (Å²) in [5.74, 6) is 0.656. The van der Waals surface area contributed by atoms with Gasteiger partial charge in [-0.1, -0.05) is 6.92 Å². The van der Waals surface area contributed by atoms with E-state index < -0.39 is 5.60 Å². The molecule has 2 aliphatic rings. The van der Waals surface area contributed by atoms with E-state index in [-0.39, 0.29) is 11.9 Å². The number of hydrogen-bond donors (Lipinski definition) is 1. The SMILES string of the molecule is CC1CCN(C(=O)C2(C)CCCO2)C1CN. The van der Waals surface area contributed by atoms with Crippen LogP contribution in [0.5, 0.6) is 0 Å². The van der Waals surface area contributed by atoms with Crippen LogP contribution in [-0.2, 0) is 9.53 Å². The second-order valence-electron chi connectivity index (χ2n) is 5.25. The van der Waals surface area contributed by atoms with Gasteiger partial charge in [-0.25, -0.2) is 0 Å². The first-order valence-corrected chi connectivity index (χ1v) is 6.23. The van der Waals surface area contributed by atoms with E-state index in [9.17, 15) is 4.79 Å². The average molecular weight is 226 g/mol. The van der Waals surface area contributed by atoms with Crippen LogP contribution in [0.15, 0.2) is 0 Å². The van der Waals surface area contributed by atoms with Gasteiger partial charge in [0.1, 0.15) is 5.60 Å². The van der Waals surface area contributed by atoms with Crippen LogP contribution < -0.4 is 5.73 Å². The Balaban J connectivity index is 2.09. The Hall–Kier alpha value is -0.610. The van der Waals surface area contributed by atoms with Crippen molar-refractivity contribution < 1.29 is 9.53 Å². The van der Waals surface area contributed by atoms with Gasteiger partial charge in [-0.05, 0) is 32.1 Å². The molecular weight excluding hydrogens is 204 g/mol. The Bertz CT molecular complexity index is 274. The topological polar surface area (TPSA) is 55.6 Å². The number of carbonyl (C=O) groups is 1. The van der Waals surface area contributed by atoms with Gasteiger partial charge in [-0.3, -0.25) is 4.79 Å². The predicted molar refractivity (Wildman–Crippen MR) is 61.9 cm³/mol. The van der Waals surface area contributed by atoms with Crippen molar-refractivity contribution in [1.82, 2.24) is 4.90 Å². The fourth-order valence-corrected chi connectivity index (χ4v) is 2.87.